The molecular weight excluding hydrogens is 1230 g/mol. The van der Waals surface area contributed by atoms with Crippen LogP contribution in [-0.4, -0.2) is 95.8 Å². The van der Waals surface area contributed by atoms with E-state index in [4.69, 9.17) is 0 Å². The number of rotatable bonds is 36. The molecule has 0 aliphatic rings. The molecule has 0 aliphatic heterocycles. The lowest BCUT2D eigenvalue weighted by Gasteiger charge is -2.63. The molecule has 0 aromatic heterocycles. The molecule has 0 bridgehead atoms. The first-order chi connectivity index (χ1) is 36.7. The van der Waals surface area contributed by atoms with E-state index in [2.05, 4.69) is 0 Å². The Hall–Kier alpha value is -2.53. The molecule has 1 atom stereocenters. The summed E-state index contributed by atoms with van der Waals surface area (Å²) >= 11 is 0. The molecule has 0 N–H and O–H groups in total. The van der Waals surface area contributed by atoms with E-state index in [1.807, 2.05) is 0 Å². The summed E-state index contributed by atoms with van der Waals surface area (Å²) in [6.07, 6.45) is -40.2. The fourth-order valence-electron chi connectivity index (χ4n) is 8.99. The predicted molar refractivity (Wildman–Crippen MR) is 245 cm³/mol. The van der Waals surface area contributed by atoms with Crippen molar-refractivity contribution in [2.45, 2.75) is 252 Å². The van der Waals surface area contributed by atoms with Crippen LogP contribution in [0.3, 0.4) is 0 Å². The molecule has 0 heterocycles. The quantitative estimate of drug-likeness (QED) is 0.0207. The minimum absolute atomic E-state index is 0.0414. The van der Waals surface area contributed by atoms with Crippen molar-refractivity contribution >= 4 is 19.4 Å². The van der Waals surface area contributed by atoms with Crippen molar-refractivity contribution in [2.24, 2.45) is 0 Å². The van der Waals surface area contributed by atoms with Crippen molar-refractivity contribution in [3.05, 3.63) is 29.1 Å². The number of benzene rings is 1. The van der Waals surface area contributed by atoms with Crippen molar-refractivity contribution in [2.75, 3.05) is 12.8 Å². The Kier molecular flexibility index (Phi) is 27.7. The van der Waals surface area contributed by atoms with Gasteiger partial charge in [-0.15, -0.1) is 0 Å². The van der Waals surface area contributed by atoms with Crippen LogP contribution in [-0.2, 0) is 5.92 Å². The molecule has 0 spiro atoms. The minimum atomic E-state index is -11.7. The van der Waals surface area contributed by atoms with Crippen LogP contribution < -0.4 is 5.30 Å². The van der Waals surface area contributed by atoms with Crippen molar-refractivity contribution < 1.29 is 140 Å². The van der Waals surface area contributed by atoms with E-state index in [1.54, 1.807) is 6.92 Å². The largest absolute Gasteiger partial charge is 0.458 e. The van der Waals surface area contributed by atoms with E-state index in [9.17, 15) is 35.1 Å². The van der Waals surface area contributed by atoms with Gasteiger partial charge in [0, 0.05) is 39.7 Å². The van der Waals surface area contributed by atoms with Gasteiger partial charge >= 0.3 is 65.6 Å². The van der Waals surface area contributed by atoms with Gasteiger partial charge in [-0.2, -0.15) is 92.2 Å². The van der Waals surface area contributed by atoms with E-state index >= 15 is 105 Å². The van der Waals surface area contributed by atoms with Crippen LogP contribution >= 0.6 is 7.92 Å². The lowest BCUT2D eigenvalue weighted by atomic mass is 9.08. The van der Waals surface area contributed by atoms with Crippen LogP contribution in [0.4, 0.5) is 140 Å². The summed E-state index contributed by atoms with van der Waals surface area (Å²) in [5.74, 6) is -116. The Labute approximate surface area is 453 Å². The summed E-state index contributed by atoms with van der Waals surface area (Å²) in [7, 11) is -1.90. The monoisotopic (exact) mass is 1290 g/mol. The van der Waals surface area contributed by atoms with Crippen LogP contribution in [0.25, 0.3) is 0 Å². The maximum atomic E-state index is 16.5. The third-order valence-electron chi connectivity index (χ3n) is 14.0. The van der Waals surface area contributed by atoms with Gasteiger partial charge in [-0.1, -0.05) is 112 Å². The fraction of sp³-hybridized carbons (Fsp3) is 0.875. The predicted octanol–water partition coefficient (Wildman–Crippen LogP) is 21.7. The van der Waals surface area contributed by atoms with Gasteiger partial charge in [-0.25, -0.2) is 48.3 Å². The zero-order valence-corrected chi connectivity index (χ0v) is 45.8. The minimum Gasteiger partial charge on any atom is -0.244 e. The lowest BCUT2D eigenvalue weighted by Crippen LogP contribution is -2.96. The second kappa shape index (κ2) is 28.5. The van der Waals surface area contributed by atoms with Crippen LogP contribution in [0.2, 0.25) is 0 Å². The van der Waals surface area contributed by atoms with Crippen molar-refractivity contribution in [1.29, 1.82) is 0 Å². The summed E-state index contributed by atoms with van der Waals surface area (Å²) in [5, 5.41) is -0.598. The SMILES string of the molecule is CCCCCCC(F)(F)C(F)(F)C(F)(F)[B-](C(F)(F)C(F)(F)C(F)(F)CCCCCC)(C(F)(F)C(F)(F)C(F)(F)CCCCCC)C(F)(F)C(F)(F)C(F)(F)CCCCCC.CCC[PH+](C)c1cc(F)c(F)c(C(F)(F)C(F)(F)F)c1F. The van der Waals surface area contributed by atoms with Crippen molar-refractivity contribution in [3.63, 3.8) is 0 Å². The van der Waals surface area contributed by atoms with E-state index in [-0.39, 0.29) is 51.4 Å². The summed E-state index contributed by atoms with van der Waals surface area (Å²) in [5.41, 5.74) is -2.56. The van der Waals surface area contributed by atoms with Crippen molar-refractivity contribution in [1.82, 2.24) is 0 Å². The van der Waals surface area contributed by atoms with Gasteiger partial charge in [-0.3, -0.25) is 0 Å². The average molecular weight is 1290 g/mol. The molecule has 0 amide bonds. The molecule has 1 rings (SSSR count). The van der Waals surface area contributed by atoms with Crippen LogP contribution in [0.5, 0.6) is 0 Å². The highest BCUT2D eigenvalue weighted by Crippen LogP contribution is 2.73. The molecule has 0 saturated carbocycles. The molecule has 1 aromatic rings. The van der Waals surface area contributed by atoms with Crippen molar-refractivity contribution in [3.8, 4) is 0 Å². The number of hydrogen-bond acceptors (Lipinski definition) is 0. The molecule has 0 saturated heterocycles. The number of alkyl halides is 29. The highest BCUT2D eigenvalue weighted by Gasteiger charge is 3.03. The topological polar surface area (TPSA) is 0 Å². The molecule has 82 heavy (non-hydrogen) atoms. The van der Waals surface area contributed by atoms with Crippen LogP contribution in [0.15, 0.2) is 6.07 Å². The maximum Gasteiger partial charge on any atom is 0.458 e. The Morgan fingerprint density at radius 3 is 0.793 bits per heavy atom. The Balaban J connectivity index is 0.00000259. The molecule has 0 radical (unpaired) electrons. The first kappa shape index (κ1) is 79.5. The van der Waals surface area contributed by atoms with Gasteiger partial charge in [0.05, 0.1) is 12.8 Å². The number of unbranched alkanes of at least 4 members (excludes halogenated alkanes) is 12. The number of halogens is 32. The standard InChI is InChI=1S/C36H52BF24.C12H11F8P/c1-5-9-13-17-21-25(38,39)29(46,47)33(54,55)37(34(56,57)30(48,49)26(40,41)22-18-14-10-6-2,35(58,59)31(50,51)27(42,43)23-19-15-11-7-3)36(60,61)32(52,53)28(44,45)24-20-16-12-8-4;1-3-4-21(2)7-5-6(13)9(14)8(10(7)15)11(16,17)12(18,19)20/h5-24H2,1-4H3;5H,3-4H2,1-2H3/q-1;/p+1. The van der Waals surface area contributed by atoms with Gasteiger partial charge in [0.15, 0.2) is 17.5 Å². The maximum absolute atomic E-state index is 16.5. The van der Waals surface area contributed by atoms with Gasteiger partial charge in [0.25, 0.3) is 0 Å². The Morgan fingerprint density at radius 2 is 0.585 bits per heavy atom. The second-order valence-corrected chi connectivity index (χ2v) is 22.8. The fourth-order valence-corrected chi connectivity index (χ4v) is 10.9. The van der Waals surface area contributed by atoms with Crippen LogP contribution in [0, 0.1) is 17.5 Å². The van der Waals surface area contributed by atoms with Crippen LogP contribution in [0.1, 0.15) is 175 Å². The molecule has 1 unspecified atom stereocenters. The molecule has 488 valence electrons. The molecule has 0 nitrogen and oxygen atoms in total. The first-order valence-electron chi connectivity index (χ1n) is 25.8. The third-order valence-corrected chi connectivity index (χ3v) is 16.5. The van der Waals surface area contributed by atoms with E-state index in [0.29, 0.717) is 18.6 Å². The molecule has 1 aromatic carbocycles. The normalized spacial score (nSPS) is 15.2. The lowest BCUT2D eigenvalue weighted by molar-refractivity contribution is -0.350. The second-order valence-electron chi connectivity index (χ2n) is 20.2. The molecule has 0 aliphatic carbocycles. The first-order valence-corrected chi connectivity index (χ1v) is 28.0. The summed E-state index contributed by atoms with van der Waals surface area (Å²) in [6.45, 7) is 8.19. The number of hydrogen-bond donors (Lipinski definition) is 0. The zero-order chi connectivity index (χ0) is 65.2. The van der Waals surface area contributed by atoms with Gasteiger partial charge in [0.1, 0.15) is 10.9 Å². The van der Waals surface area contributed by atoms with E-state index < -0.39 is 202 Å². The highest BCUT2D eigenvalue weighted by atomic mass is 31.1. The summed E-state index contributed by atoms with van der Waals surface area (Å²) in [4.78, 5) is 0. The Bertz CT molecular complexity index is 1910. The summed E-state index contributed by atoms with van der Waals surface area (Å²) < 4.78 is 483. The van der Waals surface area contributed by atoms with Gasteiger partial charge in [0.2, 0.25) is 23.3 Å². The molecular formula is C48H64BF32P. The highest BCUT2D eigenvalue weighted by molar-refractivity contribution is 7.64. The van der Waals surface area contributed by atoms with Gasteiger partial charge < -0.3 is 0 Å². The third kappa shape index (κ3) is 14.7. The average Bonchev–Trinajstić information content (AvgIpc) is 3.32. The molecule has 0 fully saturated rings. The smallest absolute Gasteiger partial charge is 0.244 e. The molecule has 34 heteroatoms. The Morgan fingerprint density at radius 1 is 0.341 bits per heavy atom. The van der Waals surface area contributed by atoms with Gasteiger partial charge in [-0.05, 0) is 32.1 Å². The zero-order valence-electron chi connectivity index (χ0n) is 44.8. The van der Waals surface area contributed by atoms with E-state index in [1.165, 1.54) is 34.4 Å². The van der Waals surface area contributed by atoms with E-state index in [0.717, 1.165) is 0 Å². The summed E-state index contributed by atoms with van der Waals surface area (Å²) in [6, 6.07) is 0.366.